The van der Waals surface area contributed by atoms with Gasteiger partial charge in [0, 0.05) is 22.5 Å². The van der Waals surface area contributed by atoms with Crippen molar-refractivity contribution < 1.29 is 0 Å². The van der Waals surface area contributed by atoms with Crippen LogP contribution in [0, 0.1) is 0 Å². The molecule has 8 aromatic rings. The van der Waals surface area contributed by atoms with E-state index in [1.54, 1.807) is 0 Å². The molecule has 0 aromatic heterocycles. The Balaban J connectivity index is 1.20. The predicted octanol–water partition coefficient (Wildman–Crippen LogP) is 14.2. The zero-order valence-corrected chi connectivity index (χ0v) is 29.7. The van der Waals surface area contributed by atoms with Crippen LogP contribution in [0.3, 0.4) is 0 Å². The fraction of sp³-hybridized carbons (Fsp3) is 0.120. The first-order valence-electron chi connectivity index (χ1n) is 18.1. The zero-order chi connectivity index (χ0) is 34.7. The van der Waals surface area contributed by atoms with Gasteiger partial charge in [-0.15, -0.1) is 0 Å². The van der Waals surface area contributed by atoms with Crippen molar-refractivity contribution in [3.63, 3.8) is 0 Å². The molecular formula is C50H41N. The van der Waals surface area contributed by atoms with E-state index >= 15 is 0 Å². The van der Waals surface area contributed by atoms with Crippen molar-refractivity contribution in [2.45, 2.75) is 39.0 Å². The van der Waals surface area contributed by atoms with Gasteiger partial charge >= 0.3 is 0 Å². The van der Waals surface area contributed by atoms with E-state index in [9.17, 15) is 0 Å². The van der Waals surface area contributed by atoms with Gasteiger partial charge in [0.15, 0.2) is 0 Å². The number of hydrogen-bond acceptors (Lipinski definition) is 1. The first-order valence-corrected chi connectivity index (χ1v) is 18.1. The van der Waals surface area contributed by atoms with Crippen LogP contribution in [-0.4, -0.2) is 0 Å². The molecular weight excluding hydrogens is 615 g/mol. The van der Waals surface area contributed by atoms with Gasteiger partial charge in [-0.1, -0.05) is 149 Å². The SMILES string of the molecule is CC(C)c1cccc2c1-c1ccc(N(c3ccc(-c4cc5ccccc5cc4-c4ccccc4)cc3)c3ccc4ccccc4c3)cc1C2(C)C. The molecule has 0 spiro atoms. The second-order valence-corrected chi connectivity index (χ2v) is 14.8. The standard InChI is InChI=1S/C50H41N/c1-33(2)43-19-12-20-47-49(43)44-28-27-42(32-48(44)50(47,3)4)51(41-26-21-34-13-8-9-16-37(34)29-41)40-24-22-36(23-25-40)46-31-39-18-11-10-17-38(39)30-45(46)35-14-6-5-7-15-35/h5-33H,1-4H3. The fourth-order valence-corrected chi connectivity index (χ4v) is 8.31. The van der Waals surface area contributed by atoms with Gasteiger partial charge in [-0.3, -0.25) is 0 Å². The molecule has 0 saturated carbocycles. The summed E-state index contributed by atoms with van der Waals surface area (Å²) in [6, 6.07) is 62.7. The summed E-state index contributed by atoms with van der Waals surface area (Å²) in [5.74, 6) is 0.457. The molecule has 0 bridgehead atoms. The summed E-state index contributed by atoms with van der Waals surface area (Å²) >= 11 is 0. The van der Waals surface area contributed by atoms with E-state index < -0.39 is 0 Å². The Morgan fingerprint density at radius 1 is 0.412 bits per heavy atom. The molecule has 9 rings (SSSR count). The average Bonchev–Trinajstić information content (AvgIpc) is 3.40. The lowest BCUT2D eigenvalue weighted by atomic mass is 9.81. The van der Waals surface area contributed by atoms with Gasteiger partial charge in [0.2, 0.25) is 0 Å². The van der Waals surface area contributed by atoms with Gasteiger partial charge in [-0.05, 0) is 126 Å². The van der Waals surface area contributed by atoms with Gasteiger partial charge in [-0.2, -0.15) is 0 Å². The summed E-state index contributed by atoms with van der Waals surface area (Å²) in [7, 11) is 0. The highest BCUT2D eigenvalue weighted by Gasteiger charge is 2.37. The Bertz CT molecular complexity index is 2570. The van der Waals surface area contributed by atoms with Gasteiger partial charge in [0.25, 0.3) is 0 Å². The van der Waals surface area contributed by atoms with Crippen LogP contribution in [0.1, 0.15) is 50.3 Å². The molecule has 0 amide bonds. The van der Waals surface area contributed by atoms with E-state index in [1.165, 1.54) is 77.3 Å². The first kappa shape index (κ1) is 31.1. The fourth-order valence-electron chi connectivity index (χ4n) is 8.31. The second kappa shape index (κ2) is 12.1. The van der Waals surface area contributed by atoms with Crippen LogP contribution in [0.5, 0.6) is 0 Å². The third-order valence-corrected chi connectivity index (χ3v) is 11.0. The van der Waals surface area contributed by atoms with Crippen molar-refractivity contribution >= 4 is 38.6 Å². The summed E-state index contributed by atoms with van der Waals surface area (Å²) < 4.78 is 0. The van der Waals surface area contributed by atoms with E-state index in [1.807, 2.05) is 0 Å². The number of hydrogen-bond donors (Lipinski definition) is 0. The maximum absolute atomic E-state index is 2.44. The van der Waals surface area contributed by atoms with Gasteiger partial charge in [-0.25, -0.2) is 0 Å². The summed E-state index contributed by atoms with van der Waals surface area (Å²) in [5.41, 5.74) is 15.3. The Labute approximate surface area is 301 Å². The molecule has 0 atom stereocenters. The molecule has 0 saturated heterocycles. The van der Waals surface area contributed by atoms with Gasteiger partial charge < -0.3 is 4.90 Å². The predicted molar refractivity (Wildman–Crippen MR) is 219 cm³/mol. The largest absolute Gasteiger partial charge is 0.310 e. The second-order valence-electron chi connectivity index (χ2n) is 14.8. The minimum absolute atomic E-state index is 0.103. The van der Waals surface area contributed by atoms with Gasteiger partial charge in [0.1, 0.15) is 0 Å². The van der Waals surface area contributed by atoms with Crippen molar-refractivity contribution in [3.05, 3.63) is 187 Å². The molecule has 0 N–H and O–H groups in total. The van der Waals surface area contributed by atoms with E-state index in [0.717, 1.165) is 11.4 Å². The molecule has 8 aromatic carbocycles. The highest BCUT2D eigenvalue weighted by molar-refractivity contribution is 5.97. The Morgan fingerprint density at radius 2 is 0.961 bits per heavy atom. The van der Waals surface area contributed by atoms with Crippen LogP contribution in [0.15, 0.2) is 170 Å². The average molecular weight is 656 g/mol. The van der Waals surface area contributed by atoms with Crippen LogP contribution in [0.2, 0.25) is 0 Å². The molecule has 51 heavy (non-hydrogen) atoms. The highest BCUT2D eigenvalue weighted by atomic mass is 15.1. The van der Waals surface area contributed by atoms with Crippen molar-refractivity contribution in [2.24, 2.45) is 0 Å². The molecule has 1 aliphatic carbocycles. The number of anilines is 3. The smallest absolute Gasteiger partial charge is 0.0468 e. The molecule has 0 aliphatic heterocycles. The zero-order valence-electron chi connectivity index (χ0n) is 29.7. The molecule has 0 radical (unpaired) electrons. The monoisotopic (exact) mass is 655 g/mol. The summed E-state index contributed by atoms with van der Waals surface area (Å²) in [6.45, 7) is 9.38. The maximum atomic E-state index is 2.44. The summed E-state index contributed by atoms with van der Waals surface area (Å²) in [6.07, 6.45) is 0. The number of fused-ring (bicyclic) bond motifs is 5. The first-order chi connectivity index (χ1) is 24.9. The van der Waals surface area contributed by atoms with E-state index in [4.69, 9.17) is 0 Å². The van der Waals surface area contributed by atoms with Crippen LogP contribution in [0.25, 0.3) is 54.9 Å². The van der Waals surface area contributed by atoms with Crippen molar-refractivity contribution in [2.75, 3.05) is 4.90 Å². The summed E-state index contributed by atoms with van der Waals surface area (Å²) in [5, 5.41) is 4.97. The molecule has 1 nitrogen and oxygen atoms in total. The van der Waals surface area contributed by atoms with Crippen LogP contribution >= 0.6 is 0 Å². The molecule has 0 heterocycles. The molecule has 1 heteroatoms. The molecule has 0 unspecified atom stereocenters. The molecule has 0 fully saturated rings. The lowest BCUT2D eigenvalue weighted by Crippen LogP contribution is -2.16. The van der Waals surface area contributed by atoms with Gasteiger partial charge in [0.05, 0.1) is 0 Å². The van der Waals surface area contributed by atoms with Crippen molar-refractivity contribution in [3.8, 4) is 33.4 Å². The Kier molecular flexibility index (Phi) is 7.40. The van der Waals surface area contributed by atoms with Crippen molar-refractivity contribution in [1.82, 2.24) is 0 Å². The van der Waals surface area contributed by atoms with Crippen molar-refractivity contribution in [1.29, 1.82) is 0 Å². The number of benzene rings is 8. The number of nitrogens with zero attached hydrogens (tertiary/aromatic N) is 1. The summed E-state index contributed by atoms with van der Waals surface area (Å²) in [4.78, 5) is 2.43. The minimum atomic E-state index is -0.103. The lowest BCUT2D eigenvalue weighted by Gasteiger charge is -2.28. The topological polar surface area (TPSA) is 3.24 Å². The number of rotatable bonds is 6. The Morgan fingerprint density at radius 3 is 1.63 bits per heavy atom. The normalized spacial score (nSPS) is 13.0. The third kappa shape index (κ3) is 5.24. The van der Waals surface area contributed by atoms with E-state index in [-0.39, 0.29) is 5.41 Å². The van der Waals surface area contributed by atoms with E-state index in [0.29, 0.717) is 5.92 Å². The molecule has 246 valence electrons. The maximum Gasteiger partial charge on any atom is 0.0468 e. The Hall–Kier alpha value is -5.92. The highest BCUT2D eigenvalue weighted by Crippen LogP contribution is 2.53. The van der Waals surface area contributed by atoms with Crippen LogP contribution in [-0.2, 0) is 5.41 Å². The third-order valence-electron chi connectivity index (χ3n) is 11.0. The quantitative estimate of drug-likeness (QED) is 0.172. The lowest BCUT2D eigenvalue weighted by molar-refractivity contribution is 0.659. The van der Waals surface area contributed by atoms with Crippen LogP contribution < -0.4 is 4.90 Å². The van der Waals surface area contributed by atoms with Crippen LogP contribution in [0.4, 0.5) is 17.1 Å². The van der Waals surface area contributed by atoms with E-state index in [2.05, 4.69) is 202 Å². The molecule has 1 aliphatic rings. The minimum Gasteiger partial charge on any atom is -0.310 e.